The molecule has 3 N–H and O–H groups in total. The van der Waals surface area contributed by atoms with Crippen LogP contribution in [0.25, 0.3) is 10.9 Å². The van der Waals surface area contributed by atoms with Gasteiger partial charge in [0.15, 0.2) is 0 Å². The number of rotatable bonds is 0. The summed E-state index contributed by atoms with van der Waals surface area (Å²) < 4.78 is 6.48. The quantitative estimate of drug-likeness (QED) is 0.630. The van der Waals surface area contributed by atoms with Gasteiger partial charge in [-0.05, 0) is 0 Å². The Morgan fingerprint density at radius 3 is 2.88 bits per heavy atom. The molecule has 0 saturated carbocycles. The molecule has 1 aromatic heterocycles. The topological polar surface area (TPSA) is 84.6 Å². The predicted octanol–water partition coefficient (Wildman–Crippen LogP) is 0.958. The third-order valence-electron chi connectivity index (χ3n) is 2.55. The van der Waals surface area contributed by atoms with E-state index in [-0.39, 0.29) is 26.4 Å². The predicted molar refractivity (Wildman–Crippen MR) is 65.3 cm³/mol. The summed E-state index contributed by atoms with van der Waals surface area (Å²) in [5, 5.41) is 17.6. The Labute approximate surface area is 104 Å². The fraction of sp³-hybridized carbons (Fsp3) is 0. The molecule has 2 heterocycles. The van der Waals surface area contributed by atoms with Crippen LogP contribution in [0.2, 0.25) is 0 Å². The van der Waals surface area contributed by atoms with Crippen LogP contribution >= 0.6 is 0 Å². The van der Waals surface area contributed by atoms with Crippen LogP contribution in [0.3, 0.4) is 0 Å². The molecule has 0 amide bonds. The van der Waals surface area contributed by atoms with Crippen molar-refractivity contribution in [2.45, 2.75) is 0 Å². The fourth-order valence-electron chi connectivity index (χ4n) is 1.70. The number of nitriles is 1. The zero-order valence-electron chi connectivity index (χ0n) is 8.61. The van der Waals surface area contributed by atoms with Crippen molar-refractivity contribution >= 4 is 37.7 Å². The first kappa shape index (κ1) is 10.1. The van der Waals surface area contributed by atoms with E-state index in [0.717, 1.165) is 22.3 Å². The van der Waals surface area contributed by atoms with E-state index in [4.69, 9.17) is 10.7 Å². The van der Waals surface area contributed by atoms with Gasteiger partial charge in [-0.15, -0.1) is 0 Å². The standard InChI is InChI=1S/C11H7N5Se/c12-5-7-2-1-6-3-4-8-10(16-17-15-8)9(6)14-11(7)13/h1-4,13,15-16H. The number of hydrogen-bond donors (Lipinski definition) is 3. The van der Waals surface area contributed by atoms with Crippen molar-refractivity contribution < 1.29 is 0 Å². The molecule has 0 bridgehead atoms. The van der Waals surface area contributed by atoms with Crippen LogP contribution in [0.1, 0.15) is 5.56 Å². The fourth-order valence-corrected chi connectivity index (χ4v) is 3.04. The second-order valence-electron chi connectivity index (χ2n) is 3.55. The van der Waals surface area contributed by atoms with E-state index in [1.807, 2.05) is 24.3 Å². The van der Waals surface area contributed by atoms with Crippen molar-refractivity contribution in [3.05, 3.63) is 35.3 Å². The Balaban J connectivity index is 2.47. The molecule has 5 nitrogen and oxygen atoms in total. The van der Waals surface area contributed by atoms with Crippen LogP contribution in [0.4, 0.5) is 11.4 Å². The SMILES string of the molecule is N#Cc1ccc2ccc3c(c2nc1=N)N[Se]N3. The van der Waals surface area contributed by atoms with Crippen molar-refractivity contribution in [2.75, 3.05) is 8.67 Å². The van der Waals surface area contributed by atoms with E-state index in [2.05, 4.69) is 13.7 Å². The Kier molecular flexibility index (Phi) is 2.22. The van der Waals surface area contributed by atoms with Gasteiger partial charge in [0.25, 0.3) is 0 Å². The zero-order valence-corrected chi connectivity index (χ0v) is 10.3. The Hall–Kier alpha value is -2.09. The van der Waals surface area contributed by atoms with Crippen LogP contribution in [-0.2, 0) is 0 Å². The average Bonchev–Trinajstić information content (AvgIpc) is 2.74. The molecule has 2 aromatic rings. The van der Waals surface area contributed by atoms with E-state index < -0.39 is 0 Å². The minimum absolute atomic E-state index is 0.0112. The van der Waals surface area contributed by atoms with Gasteiger partial charge in [-0.2, -0.15) is 0 Å². The summed E-state index contributed by atoms with van der Waals surface area (Å²) >= 11 is 0.132. The second-order valence-corrected chi connectivity index (χ2v) is 4.84. The molecule has 82 valence electrons. The van der Waals surface area contributed by atoms with Crippen molar-refractivity contribution in [3.63, 3.8) is 0 Å². The first-order chi connectivity index (χ1) is 8.29. The van der Waals surface area contributed by atoms with E-state index in [1.165, 1.54) is 0 Å². The monoisotopic (exact) mass is 289 g/mol. The summed E-state index contributed by atoms with van der Waals surface area (Å²) in [7, 11) is 0. The summed E-state index contributed by atoms with van der Waals surface area (Å²) in [4.78, 5) is 4.23. The van der Waals surface area contributed by atoms with Gasteiger partial charge in [0.2, 0.25) is 0 Å². The maximum absolute atomic E-state index is 8.89. The normalized spacial score (nSPS) is 12.4. The molecular weight excluding hydrogens is 281 g/mol. The van der Waals surface area contributed by atoms with Crippen molar-refractivity contribution in [3.8, 4) is 6.07 Å². The molecule has 6 heteroatoms. The van der Waals surface area contributed by atoms with Gasteiger partial charge in [0, 0.05) is 0 Å². The number of aromatic nitrogens is 1. The third-order valence-corrected chi connectivity index (χ3v) is 3.87. The van der Waals surface area contributed by atoms with Gasteiger partial charge >= 0.3 is 103 Å². The molecule has 0 fully saturated rings. The Bertz CT molecular complexity index is 719. The molecule has 17 heavy (non-hydrogen) atoms. The number of nitrogens with zero attached hydrogens (tertiary/aromatic N) is 2. The Morgan fingerprint density at radius 2 is 2.06 bits per heavy atom. The van der Waals surface area contributed by atoms with Crippen LogP contribution in [0.15, 0.2) is 24.3 Å². The van der Waals surface area contributed by atoms with Crippen LogP contribution in [0.5, 0.6) is 0 Å². The van der Waals surface area contributed by atoms with Crippen LogP contribution < -0.4 is 14.2 Å². The molecule has 1 aliphatic rings. The second kappa shape index (κ2) is 3.74. The summed E-state index contributed by atoms with van der Waals surface area (Å²) in [6, 6.07) is 9.36. The number of hydrogen-bond acceptors (Lipinski definition) is 5. The minimum atomic E-state index is 0.0112. The van der Waals surface area contributed by atoms with Crippen LogP contribution in [-0.4, -0.2) is 20.4 Å². The number of nitrogens with one attached hydrogen (secondary N) is 3. The van der Waals surface area contributed by atoms with Gasteiger partial charge < -0.3 is 0 Å². The van der Waals surface area contributed by atoms with E-state index in [9.17, 15) is 0 Å². The number of anilines is 2. The van der Waals surface area contributed by atoms with Gasteiger partial charge in [-0.3, -0.25) is 0 Å². The van der Waals surface area contributed by atoms with Crippen molar-refractivity contribution in [1.29, 1.82) is 10.7 Å². The van der Waals surface area contributed by atoms with E-state index in [1.54, 1.807) is 6.07 Å². The summed E-state index contributed by atoms with van der Waals surface area (Å²) in [5.41, 5.74) is 2.97. The zero-order chi connectivity index (χ0) is 11.8. The number of benzene rings is 1. The molecule has 0 unspecified atom stereocenters. The van der Waals surface area contributed by atoms with Crippen LogP contribution in [0, 0.1) is 16.7 Å². The third kappa shape index (κ3) is 1.53. The first-order valence-electron chi connectivity index (χ1n) is 4.90. The number of fused-ring (bicyclic) bond motifs is 3. The molecule has 0 saturated heterocycles. The average molecular weight is 288 g/mol. The molecule has 3 rings (SSSR count). The first-order valence-corrected chi connectivity index (χ1v) is 6.61. The molecule has 0 radical (unpaired) electrons. The van der Waals surface area contributed by atoms with Gasteiger partial charge in [-0.1, -0.05) is 0 Å². The van der Waals surface area contributed by atoms with Crippen molar-refractivity contribution in [1.82, 2.24) is 4.98 Å². The van der Waals surface area contributed by atoms with Gasteiger partial charge in [0.1, 0.15) is 0 Å². The molecule has 1 aliphatic heterocycles. The molecule has 0 aliphatic carbocycles. The van der Waals surface area contributed by atoms with Gasteiger partial charge in [-0.25, -0.2) is 0 Å². The molecule has 1 aromatic carbocycles. The molecule has 0 atom stereocenters. The van der Waals surface area contributed by atoms with E-state index >= 15 is 0 Å². The van der Waals surface area contributed by atoms with E-state index in [0.29, 0.717) is 0 Å². The van der Waals surface area contributed by atoms with Gasteiger partial charge in [0.05, 0.1) is 0 Å². The summed E-state index contributed by atoms with van der Waals surface area (Å²) in [6.45, 7) is 0. The Morgan fingerprint density at radius 1 is 1.24 bits per heavy atom. The summed E-state index contributed by atoms with van der Waals surface area (Å²) in [6.07, 6.45) is 0. The molecular formula is C11H7N5Se. The van der Waals surface area contributed by atoms with Crippen molar-refractivity contribution in [2.24, 2.45) is 0 Å². The maximum atomic E-state index is 8.89. The summed E-state index contributed by atoms with van der Waals surface area (Å²) in [5.74, 6) is 0. The molecule has 0 spiro atoms.